The Labute approximate surface area is 105 Å². The van der Waals surface area contributed by atoms with Gasteiger partial charge in [0.05, 0.1) is 6.54 Å². The highest BCUT2D eigenvalue weighted by Gasteiger charge is 2.41. The Hall–Kier alpha value is -1.42. The Kier molecular flexibility index (Phi) is 3.15. The topological polar surface area (TPSA) is 50.3 Å². The minimum Gasteiger partial charge on any atom is -0.278 e. The molecular weight excluding hydrogens is 240 g/mol. The van der Waals surface area contributed by atoms with Crippen molar-refractivity contribution < 1.29 is 9.59 Å². The minimum atomic E-state index is -0.236. The van der Waals surface area contributed by atoms with E-state index >= 15 is 0 Å². The number of halogens is 1. The fourth-order valence-corrected chi connectivity index (χ4v) is 2.10. The largest absolute Gasteiger partial charge is 0.278 e. The number of pyridine rings is 1. The average Bonchev–Trinajstić information content (AvgIpc) is 2.47. The number of carbonyl (C=O) groups excluding carboxylic acids is 2. The highest BCUT2D eigenvalue weighted by molar-refractivity contribution is 6.29. The molecule has 0 N–H and O–H groups in total. The van der Waals surface area contributed by atoms with Crippen LogP contribution in [0, 0.1) is 11.8 Å². The Morgan fingerprint density at radius 2 is 1.88 bits per heavy atom. The van der Waals surface area contributed by atoms with Crippen molar-refractivity contribution in [3.8, 4) is 0 Å². The van der Waals surface area contributed by atoms with Crippen LogP contribution in [-0.4, -0.2) is 21.7 Å². The first-order chi connectivity index (χ1) is 8.00. The molecule has 17 heavy (non-hydrogen) atoms. The molecule has 1 aliphatic rings. The molecule has 0 saturated carbocycles. The molecule has 2 heterocycles. The molecule has 5 heteroatoms. The third-order valence-electron chi connectivity index (χ3n) is 3.19. The fourth-order valence-electron chi connectivity index (χ4n) is 1.91. The number of aromatic nitrogens is 1. The Balaban J connectivity index is 2.20. The molecule has 0 bridgehead atoms. The number of hydrogen-bond donors (Lipinski definition) is 0. The monoisotopic (exact) mass is 252 g/mol. The van der Waals surface area contributed by atoms with Gasteiger partial charge in [-0.1, -0.05) is 25.4 Å². The van der Waals surface area contributed by atoms with Gasteiger partial charge in [0, 0.05) is 18.0 Å². The predicted octanol–water partition coefficient (Wildman–Crippen LogP) is 1.88. The average molecular weight is 253 g/mol. The van der Waals surface area contributed by atoms with Crippen molar-refractivity contribution in [3.05, 3.63) is 29.0 Å². The molecule has 1 aliphatic heterocycles. The first-order valence-corrected chi connectivity index (χ1v) is 5.84. The second-order valence-electron chi connectivity index (χ2n) is 4.33. The molecule has 90 valence electrons. The summed E-state index contributed by atoms with van der Waals surface area (Å²) in [4.78, 5) is 28.9. The van der Waals surface area contributed by atoms with Crippen molar-refractivity contribution in [2.24, 2.45) is 11.8 Å². The van der Waals surface area contributed by atoms with Crippen molar-refractivity contribution in [2.75, 3.05) is 0 Å². The van der Waals surface area contributed by atoms with Crippen LogP contribution < -0.4 is 0 Å². The molecule has 1 saturated heterocycles. The summed E-state index contributed by atoms with van der Waals surface area (Å²) in [5, 5.41) is 0.364. The summed E-state index contributed by atoms with van der Waals surface area (Å²) in [6, 6.07) is 3.41. The summed E-state index contributed by atoms with van der Waals surface area (Å²) >= 11 is 5.76. The van der Waals surface area contributed by atoms with Gasteiger partial charge in [-0.25, -0.2) is 4.98 Å². The lowest BCUT2D eigenvalue weighted by molar-refractivity contribution is -0.140. The lowest BCUT2D eigenvalue weighted by Crippen LogP contribution is -2.30. The van der Waals surface area contributed by atoms with Crippen LogP contribution in [-0.2, 0) is 16.1 Å². The van der Waals surface area contributed by atoms with Crippen molar-refractivity contribution >= 4 is 23.4 Å². The zero-order valence-electron chi connectivity index (χ0n) is 9.68. The van der Waals surface area contributed by atoms with Crippen LogP contribution in [0.5, 0.6) is 0 Å². The molecule has 1 fully saturated rings. The maximum absolute atomic E-state index is 11.9. The number of likely N-dealkylation sites (tertiary alicyclic amines) is 1. The van der Waals surface area contributed by atoms with E-state index in [0.29, 0.717) is 5.15 Å². The van der Waals surface area contributed by atoms with Gasteiger partial charge in [0.1, 0.15) is 5.15 Å². The first-order valence-electron chi connectivity index (χ1n) is 5.46. The van der Waals surface area contributed by atoms with Crippen LogP contribution in [0.3, 0.4) is 0 Å². The summed E-state index contributed by atoms with van der Waals surface area (Å²) in [6.07, 6.45) is 1.57. The molecule has 0 spiro atoms. The van der Waals surface area contributed by atoms with Gasteiger partial charge in [-0.3, -0.25) is 14.5 Å². The van der Waals surface area contributed by atoms with E-state index in [0.717, 1.165) is 5.56 Å². The quantitative estimate of drug-likeness (QED) is 0.597. The summed E-state index contributed by atoms with van der Waals surface area (Å²) < 4.78 is 0. The normalized spacial score (nSPS) is 24.5. The molecule has 1 aromatic rings. The first kappa shape index (κ1) is 12.0. The molecule has 0 radical (unpaired) electrons. The molecule has 0 aromatic carbocycles. The van der Waals surface area contributed by atoms with E-state index in [-0.39, 0.29) is 30.2 Å². The molecule has 0 aliphatic carbocycles. The molecule has 2 unspecified atom stereocenters. The van der Waals surface area contributed by atoms with Crippen LogP contribution >= 0.6 is 11.6 Å². The van der Waals surface area contributed by atoms with E-state index in [1.165, 1.54) is 4.90 Å². The third kappa shape index (κ3) is 2.17. The summed E-state index contributed by atoms with van der Waals surface area (Å²) in [5.41, 5.74) is 0.813. The van der Waals surface area contributed by atoms with Crippen molar-refractivity contribution in [3.63, 3.8) is 0 Å². The van der Waals surface area contributed by atoms with Crippen molar-refractivity contribution in [2.45, 2.75) is 20.4 Å². The lowest BCUT2D eigenvalue weighted by Gasteiger charge is -2.14. The molecular formula is C12H13ClN2O2. The Morgan fingerprint density at radius 1 is 1.29 bits per heavy atom. The Morgan fingerprint density at radius 3 is 2.41 bits per heavy atom. The highest BCUT2D eigenvalue weighted by Crippen LogP contribution is 2.26. The van der Waals surface area contributed by atoms with Gasteiger partial charge in [-0.05, 0) is 17.7 Å². The molecule has 2 amide bonds. The maximum Gasteiger partial charge on any atom is 0.233 e. The number of rotatable bonds is 2. The molecule has 2 atom stereocenters. The maximum atomic E-state index is 11.9. The summed E-state index contributed by atoms with van der Waals surface area (Å²) in [5.74, 6) is -0.703. The molecule has 2 rings (SSSR count). The van der Waals surface area contributed by atoms with E-state index < -0.39 is 0 Å². The SMILES string of the molecule is CC1C(=O)N(Cc2ccnc(Cl)c2)C(=O)C1C. The standard InChI is InChI=1S/C12H13ClN2O2/c1-7-8(2)12(17)15(11(7)16)6-9-3-4-14-10(13)5-9/h3-5,7-8H,6H2,1-2H3. The second kappa shape index (κ2) is 4.45. The number of nitrogens with zero attached hydrogens (tertiary/aromatic N) is 2. The van der Waals surface area contributed by atoms with Crippen molar-refractivity contribution in [1.82, 2.24) is 9.88 Å². The Bertz CT molecular complexity index is 455. The van der Waals surface area contributed by atoms with Crippen LogP contribution in [0.4, 0.5) is 0 Å². The number of carbonyl (C=O) groups is 2. The van der Waals surface area contributed by atoms with Gasteiger partial charge in [-0.15, -0.1) is 0 Å². The number of amides is 2. The van der Waals surface area contributed by atoms with Crippen LogP contribution in [0.15, 0.2) is 18.3 Å². The van der Waals surface area contributed by atoms with Crippen LogP contribution in [0.2, 0.25) is 5.15 Å². The van der Waals surface area contributed by atoms with Gasteiger partial charge >= 0.3 is 0 Å². The van der Waals surface area contributed by atoms with Gasteiger partial charge in [0.25, 0.3) is 0 Å². The molecule has 1 aromatic heterocycles. The van der Waals surface area contributed by atoms with Crippen LogP contribution in [0.1, 0.15) is 19.4 Å². The van der Waals surface area contributed by atoms with Gasteiger partial charge in [0.2, 0.25) is 11.8 Å². The smallest absolute Gasteiger partial charge is 0.233 e. The van der Waals surface area contributed by atoms with Gasteiger partial charge in [0.15, 0.2) is 0 Å². The number of hydrogen-bond acceptors (Lipinski definition) is 3. The van der Waals surface area contributed by atoms with Gasteiger partial charge < -0.3 is 0 Å². The van der Waals surface area contributed by atoms with Crippen LogP contribution in [0.25, 0.3) is 0 Å². The molecule has 4 nitrogen and oxygen atoms in total. The van der Waals surface area contributed by atoms with E-state index in [4.69, 9.17) is 11.6 Å². The summed E-state index contributed by atoms with van der Waals surface area (Å²) in [6.45, 7) is 3.84. The third-order valence-corrected chi connectivity index (χ3v) is 3.40. The zero-order valence-corrected chi connectivity index (χ0v) is 10.4. The van der Waals surface area contributed by atoms with Gasteiger partial charge in [-0.2, -0.15) is 0 Å². The predicted molar refractivity (Wildman–Crippen MR) is 63.1 cm³/mol. The number of imide groups is 1. The highest BCUT2D eigenvalue weighted by atomic mass is 35.5. The fraction of sp³-hybridized carbons (Fsp3) is 0.417. The minimum absolute atomic E-state index is 0.115. The zero-order chi connectivity index (χ0) is 12.6. The lowest BCUT2D eigenvalue weighted by atomic mass is 10.00. The van der Waals surface area contributed by atoms with E-state index in [9.17, 15) is 9.59 Å². The van der Waals surface area contributed by atoms with E-state index in [1.54, 1.807) is 32.2 Å². The van der Waals surface area contributed by atoms with Crippen molar-refractivity contribution in [1.29, 1.82) is 0 Å². The van der Waals surface area contributed by atoms with E-state index in [2.05, 4.69) is 4.98 Å². The summed E-state index contributed by atoms with van der Waals surface area (Å²) in [7, 11) is 0. The van der Waals surface area contributed by atoms with E-state index in [1.807, 2.05) is 0 Å². The second-order valence-corrected chi connectivity index (χ2v) is 4.71.